The fraction of sp³-hybridized carbons (Fsp3) is 1.00. The van der Waals surface area contributed by atoms with Crippen LogP contribution in [0.4, 0.5) is 0 Å². The van der Waals surface area contributed by atoms with Gasteiger partial charge in [0.2, 0.25) is 0 Å². The number of rotatable bonds is 6. The van der Waals surface area contributed by atoms with E-state index in [9.17, 15) is 0 Å². The molecule has 0 heterocycles. The predicted octanol–water partition coefficient (Wildman–Crippen LogP) is 3.50. The van der Waals surface area contributed by atoms with Crippen molar-refractivity contribution in [1.82, 2.24) is 5.32 Å². The zero-order chi connectivity index (χ0) is 11.9. The summed E-state index contributed by atoms with van der Waals surface area (Å²) in [6.45, 7) is 8.60. The SMILES string of the molecule is CCCNC(C)C1(OCC)CCCCCC1. The fourth-order valence-corrected chi connectivity index (χ4v) is 2.86. The van der Waals surface area contributed by atoms with E-state index in [1.807, 2.05) is 0 Å². The first-order valence-electron chi connectivity index (χ1n) is 7.12. The van der Waals surface area contributed by atoms with Crippen molar-refractivity contribution in [3.8, 4) is 0 Å². The van der Waals surface area contributed by atoms with Gasteiger partial charge in [-0.3, -0.25) is 0 Å². The normalized spacial score (nSPS) is 22.7. The Labute approximate surface area is 101 Å². The van der Waals surface area contributed by atoms with E-state index in [1.54, 1.807) is 0 Å². The van der Waals surface area contributed by atoms with Gasteiger partial charge in [-0.25, -0.2) is 0 Å². The zero-order valence-electron chi connectivity index (χ0n) is 11.3. The third-order valence-corrected chi connectivity index (χ3v) is 3.87. The van der Waals surface area contributed by atoms with Gasteiger partial charge in [0.1, 0.15) is 0 Å². The Hall–Kier alpha value is -0.0800. The second-order valence-electron chi connectivity index (χ2n) is 5.09. The molecule has 0 aromatic carbocycles. The Balaban J connectivity index is 2.60. The van der Waals surface area contributed by atoms with E-state index in [1.165, 1.54) is 44.9 Å². The molecular weight excluding hydrogens is 198 g/mol. The topological polar surface area (TPSA) is 21.3 Å². The molecule has 0 bridgehead atoms. The Morgan fingerprint density at radius 3 is 2.25 bits per heavy atom. The van der Waals surface area contributed by atoms with Crippen molar-refractivity contribution in [2.75, 3.05) is 13.2 Å². The molecular formula is C14H29NO. The Kier molecular flexibility index (Phi) is 6.37. The summed E-state index contributed by atoms with van der Waals surface area (Å²) in [5.74, 6) is 0. The lowest BCUT2D eigenvalue weighted by Gasteiger charge is -2.39. The third kappa shape index (κ3) is 3.74. The van der Waals surface area contributed by atoms with Crippen LogP contribution in [0.1, 0.15) is 65.7 Å². The van der Waals surface area contributed by atoms with Crippen LogP contribution in [0.3, 0.4) is 0 Å². The van der Waals surface area contributed by atoms with Crippen molar-refractivity contribution in [3.63, 3.8) is 0 Å². The van der Waals surface area contributed by atoms with Crippen molar-refractivity contribution in [3.05, 3.63) is 0 Å². The van der Waals surface area contributed by atoms with Crippen LogP contribution in [-0.4, -0.2) is 24.8 Å². The highest BCUT2D eigenvalue weighted by Crippen LogP contribution is 2.33. The molecule has 1 rings (SSSR count). The summed E-state index contributed by atoms with van der Waals surface area (Å²) >= 11 is 0. The molecule has 0 saturated heterocycles. The van der Waals surface area contributed by atoms with Gasteiger partial charge in [0.25, 0.3) is 0 Å². The molecule has 0 spiro atoms. The van der Waals surface area contributed by atoms with Crippen LogP contribution in [0.15, 0.2) is 0 Å². The van der Waals surface area contributed by atoms with Gasteiger partial charge in [-0.1, -0.05) is 32.6 Å². The molecule has 0 aromatic rings. The second-order valence-corrected chi connectivity index (χ2v) is 5.09. The molecule has 1 aliphatic rings. The van der Waals surface area contributed by atoms with Gasteiger partial charge in [0, 0.05) is 12.6 Å². The summed E-state index contributed by atoms with van der Waals surface area (Å²) in [5, 5.41) is 3.63. The van der Waals surface area contributed by atoms with Gasteiger partial charge in [-0.05, 0) is 39.7 Å². The van der Waals surface area contributed by atoms with Crippen molar-refractivity contribution in [2.24, 2.45) is 0 Å². The van der Waals surface area contributed by atoms with Crippen LogP contribution < -0.4 is 5.32 Å². The lowest BCUT2D eigenvalue weighted by Crippen LogP contribution is -2.51. The number of nitrogens with one attached hydrogen (secondary N) is 1. The summed E-state index contributed by atoms with van der Waals surface area (Å²) in [4.78, 5) is 0. The minimum Gasteiger partial charge on any atom is -0.374 e. The fourth-order valence-electron chi connectivity index (χ4n) is 2.86. The summed E-state index contributed by atoms with van der Waals surface area (Å²) in [5.41, 5.74) is 0.112. The summed E-state index contributed by atoms with van der Waals surface area (Å²) < 4.78 is 6.15. The van der Waals surface area contributed by atoms with Crippen molar-refractivity contribution >= 4 is 0 Å². The molecule has 2 nitrogen and oxygen atoms in total. The van der Waals surface area contributed by atoms with Crippen LogP contribution in [0, 0.1) is 0 Å². The van der Waals surface area contributed by atoms with E-state index in [4.69, 9.17) is 4.74 Å². The van der Waals surface area contributed by atoms with E-state index in [2.05, 4.69) is 26.1 Å². The number of hydrogen-bond donors (Lipinski definition) is 1. The van der Waals surface area contributed by atoms with E-state index in [0.29, 0.717) is 6.04 Å². The highest BCUT2D eigenvalue weighted by Gasteiger charge is 2.36. The monoisotopic (exact) mass is 227 g/mol. The molecule has 96 valence electrons. The maximum atomic E-state index is 6.15. The van der Waals surface area contributed by atoms with Gasteiger partial charge in [-0.15, -0.1) is 0 Å². The maximum Gasteiger partial charge on any atom is 0.0831 e. The third-order valence-electron chi connectivity index (χ3n) is 3.87. The minimum atomic E-state index is 0.112. The van der Waals surface area contributed by atoms with Crippen LogP contribution >= 0.6 is 0 Å². The largest absolute Gasteiger partial charge is 0.374 e. The molecule has 0 aliphatic heterocycles. The summed E-state index contributed by atoms with van der Waals surface area (Å²) in [6, 6.07) is 0.491. The smallest absolute Gasteiger partial charge is 0.0831 e. The van der Waals surface area contributed by atoms with E-state index < -0.39 is 0 Å². The average Bonchev–Trinajstić information content (AvgIpc) is 2.53. The Morgan fingerprint density at radius 1 is 1.12 bits per heavy atom. The van der Waals surface area contributed by atoms with Crippen LogP contribution in [0.2, 0.25) is 0 Å². The first-order valence-corrected chi connectivity index (χ1v) is 7.12. The minimum absolute atomic E-state index is 0.112. The molecule has 1 fully saturated rings. The van der Waals surface area contributed by atoms with E-state index in [-0.39, 0.29) is 5.60 Å². The van der Waals surface area contributed by atoms with Crippen LogP contribution in [0.5, 0.6) is 0 Å². The Morgan fingerprint density at radius 2 is 1.75 bits per heavy atom. The average molecular weight is 227 g/mol. The lowest BCUT2D eigenvalue weighted by molar-refractivity contribution is -0.0726. The quantitative estimate of drug-likeness (QED) is 0.701. The second kappa shape index (κ2) is 7.29. The first-order chi connectivity index (χ1) is 7.75. The van der Waals surface area contributed by atoms with Gasteiger partial charge in [0.15, 0.2) is 0 Å². The number of hydrogen-bond acceptors (Lipinski definition) is 2. The van der Waals surface area contributed by atoms with Crippen molar-refractivity contribution < 1.29 is 4.74 Å². The maximum absolute atomic E-state index is 6.15. The summed E-state index contributed by atoms with van der Waals surface area (Å²) in [6.07, 6.45) is 9.10. The van der Waals surface area contributed by atoms with E-state index >= 15 is 0 Å². The molecule has 0 radical (unpaired) electrons. The van der Waals surface area contributed by atoms with Crippen LogP contribution in [0.25, 0.3) is 0 Å². The highest BCUT2D eigenvalue weighted by atomic mass is 16.5. The lowest BCUT2D eigenvalue weighted by atomic mass is 9.87. The van der Waals surface area contributed by atoms with E-state index in [0.717, 1.165) is 13.2 Å². The molecule has 16 heavy (non-hydrogen) atoms. The Bertz CT molecular complexity index is 174. The van der Waals surface area contributed by atoms with Crippen molar-refractivity contribution in [1.29, 1.82) is 0 Å². The molecule has 1 atom stereocenters. The zero-order valence-corrected chi connectivity index (χ0v) is 11.3. The standard InChI is InChI=1S/C14H29NO/c1-4-12-15-13(3)14(16-5-2)10-8-6-7-9-11-14/h13,15H,4-12H2,1-3H3. The summed E-state index contributed by atoms with van der Waals surface area (Å²) in [7, 11) is 0. The van der Waals surface area contributed by atoms with Crippen molar-refractivity contribution in [2.45, 2.75) is 77.4 Å². The molecule has 2 heteroatoms. The molecule has 1 aliphatic carbocycles. The van der Waals surface area contributed by atoms with Gasteiger partial charge in [-0.2, -0.15) is 0 Å². The van der Waals surface area contributed by atoms with Gasteiger partial charge >= 0.3 is 0 Å². The molecule has 0 amide bonds. The molecule has 1 unspecified atom stereocenters. The molecule has 0 aromatic heterocycles. The van der Waals surface area contributed by atoms with Gasteiger partial charge in [0.05, 0.1) is 5.60 Å². The highest BCUT2D eigenvalue weighted by molar-refractivity contribution is 4.92. The first kappa shape index (κ1) is 14.0. The van der Waals surface area contributed by atoms with Crippen LogP contribution in [-0.2, 0) is 4.74 Å². The van der Waals surface area contributed by atoms with Gasteiger partial charge < -0.3 is 10.1 Å². The molecule has 1 N–H and O–H groups in total. The number of ether oxygens (including phenoxy) is 1. The molecule has 1 saturated carbocycles. The predicted molar refractivity (Wildman–Crippen MR) is 69.8 cm³/mol.